The van der Waals surface area contributed by atoms with Crippen molar-refractivity contribution in [3.8, 4) is 0 Å². The number of rotatable bonds is 5. The van der Waals surface area contributed by atoms with E-state index in [1.807, 2.05) is 36.4 Å². The molecule has 156 valence electrons. The summed E-state index contributed by atoms with van der Waals surface area (Å²) < 4.78 is 16.6. The molecule has 1 saturated carbocycles. The second-order valence-electron chi connectivity index (χ2n) is 7.97. The highest BCUT2D eigenvalue weighted by Gasteiger charge is 2.45. The van der Waals surface area contributed by atoms with Crippen molar-refractivity contribution in [2.75, 3.05) is 5.32 Å². The van der Waals surface area contributed by atoms with Crippen molar-refractivity contribution in [3.63, 3.8) is 0 Å². The van der Waals surface area contributed by atoms with E-state index in [9.17, 15) is 14.0 Å². The minimum atomic E-state index is -0.698. The molecular weight excluding hydrogens is 395 g/mol. The maximum absolute atomic E-state index is 13.8. The van der Waals surface area contributed by atoms with Gasteiger partial charge in [-0.25, -0.2) is 13.9 Å². The van der Waals surface area contributed by atoms with E-state index in [1.165, 1.54) is 21.2 Å². The van der Waals surface area contributed by atoms with E-state index in [4.69, 9.17) is 0 Å². The van der Waals surface area contributed by atoms with Gasteiger partial charge in [-0.3, -0.25) is 9.20 Å². The summed E-state index contributed by atoms with van der Waals surface area (Å²) >= 11 is 0. The lowest BCUT2D eigenvalue weighted by molar-refractivity contribution is -0.124. The second-order valence-corrected chi connectivity index (χ2v) is 7.97. The van der Waals surface area contributed by atoms with Crippen LogP contribution < -0.4 is 11.0 Å². The van der Waals surface area contributed by atoms with Crippen LogP contribution in [0.25, 0.3) is 5.65 Å². The highest BCUT2D eigenvalue weighted by atomic mass is 19.1. The van der Waals surface area contributed by atoms with Gasteiger partial charge in [-0.05, 0) is 60.4 Å². The first-order valence-electron chi connectivity index (χ1n) is 10.3. The topological polar surface area (TPSA) is 68.4 Å². The number of halogens is 1. The van der Waals surface area contributed by atoms with Gasteiger partial charge in [0.25, 0.3) is 0 Å². The Kier molecular flexibility index (Phi) is 4.66. The zero-order valence-corrected chi connectivity index (χ0v) is 16.8. The fraction of sp³-hybridized carbons (Fsp3) is 0.208. The number of carbonyl (C=O) groups excluding carboxylic acids is 1. The summed E-state index contributed by atoms with van der Waals surface area (Å²) in [5, 5.41) is 7.35. The van der Waals surface area contributed by atoms with Crippen LogP contribution in [0.15, 0.2) is 77.7 Å². The molecule has 1 N–H and O–H groups in total. The van der Waals surface area contributed by atoms with Crippen molar-refractivity contribution >= 4 is 17.2 Å². The molecule has 5 rings (SSSR count). The lowest BCUT2D eigenvalue weighted by Crippen LogP contribution is -2.46. The molecule has 0 unspecified atom stereocenters. The Morgan fingerprint density at radius 2 is 1.90 bits per heavy atom. The van der Waals surface area contributed by atoms with E-state index in [-0.39, 0.29) is 17.4 Å². The van der Waals surface area contributed by atoms with Crippen LogP contribution >= 0.6 is 0 Å². The zero-order valence-electron chi connectivity index (χ0n) is 16.8. The normalized spacial score (nSPS) is 14.9. The van der Waals surface area contributed by atoms with Gasteiger partial charge in [0, 0.05) is 11.9 Å². The predicted molar refractivity (Wildman–Crippen MR) is 116 cm³/mol. The second kappa shape index (κ2) is 7.50. The quantitative estimate of drug-likeness (QED) is 0.539. The van der Waals surface area contributed by atoms with Crippen molar-refractivity contribution in [1.29, 1.82) is 0 Å². The smallest absolute Gasteiger partial charge is 0.325 e. The molecule has 31 heavy (non-hydrogen) atoms. The van der Waals surface area contributed by atoms with Gasteiger partial charge in [0.05, 0.1) is 12.0 Å². The first-order valence-corrected chi connectivity index (χ1v) is 10.3. The Bertz CT molecular complexity index is 1340. The number of pyridine rings is 1. The summed E-state index contributed by atoms with van der Waals surface area (Å²) in [5.41, 5.74) is 1.86. The highest BCUT2D eigenvalue weighted by Crippen LogP contribution is 2.44. The fourth-order valence-corrected chi connectivity index (χ4v) is 4.21. The van der Waals surface area contributed by atoms with Crippen LogP contribution in [0.5, 0.6) is 0 Å². The summed E-state index contributed by atoms with van der Waals surface area (Å²) in [6.45, 7) is 0.291. The molecule has 0 atom stereocenters. The van der Waals surface area contributed by atoms with Gasteiger partial charge >= 0.3 is 5.69 Å². The van der Waals surface area contributed by atoms with Gasteiger partial charge in [-0.15, -0.1) is 5.10 Å². The molecule has 1 amide bonds. The Labute approximate surface area is 178 Å². The molecule has 2 aromatic carbocycles. The van der Waals surface area contributed by atoms with Crippen LogP contribution in [-0.2, 0) is 16.8 Å². The summed E-state index contributed by atoms with van der Waals surface area (Å²) in [5.74, 6) is -0.470. The summed E-state index contributed by atoms with van der Waals surface area (Å²) in [6.07, 6.45) is 4.00. The zero-order chi connectivity index (χ0) is 21.4. The van der Waals surface area contributed by atoms with Gasteiger partial charge in [-0.1, -0.05) is 36.8 Å². The van der Waals surface area contributed by atoms with E-state index in [0.717, 1.165) is 12.0 Å². The van der Waals surface area contributed by atoms with Gasteiger partial charge in [0.15, 0.2) is 5.65 Å². The number of nitrogens with one attached hydrogen (secondary N) is 1. The third-order valence-corrected chi connectivity index (χ3v) is 6.02. The number of hydrogen-bond acceptors (Lipinski definition) is 3. The minimum Gasteiger partial charge on any atom is -0.325 e. The monoisotopic (exact) mass is 416 g/mol. The van der Waals surface area contributed by atoms with Gasteiger partial charge in [0.1, 0.15) is 5.82 Å². The van der Waals surface area contributed by atoms with E-state index in [2.05, 4.69) is 10.4 Å². The van der Waals surface area contributed by atoms with E-state index in [0.29, 0.717) is 36.3 Å². The molecule has 1 fully saturated rings. The Balaban J connectivity index is 1.38. The van der Waals surface area contributed by atoms with Crippen LogP contribution in [0, 0.1) is 5.82 Å². The average molecular weight is 416 g/mol. The van der Waals surface area contributed by atoms with Crippen molar-refractivity contribution in [2.24, 2.45) is 0 Å². The number of aromatic nitrogens is 3. The average Bonchev–Trinajstić information content (AvgIpc) is 3.03. The number of fused-ring (bicyclic) bond motifs is 1. The van der Waals surface area contributed by atoms with Crippen molar-refractivity contribution < 1.29 is 9.18 Å². The molecule has 0 aliphatic heterocycles. The number of carbonyl (C=O) groups is 1. The maximum atomic E-state index is 13.8. The van der Waals surface area contributed by atoms with Crippen LogP contribution in [0.3, 0.4) is 0 Å². The third kappa shape index (κ3) is 3.42. The lowest BCUT2D eigenvalue weighted by atomic mass is 9.63. The molecule has 7 heteroatoms. The van der Waals surface area contributed by atoms with Crippen LogP contribution in [0.1, 0.15) is 30.4 Å². The highest BCUT2D eigenvalue weighted by molar-refractivity contribution is 6.00. The van der Waals surface area contributed by atoms with Crippen LogP contribution in [0.4, 0.5) is 10.1 Å². The Hall–Kier alpha value is -3.74. The predicted octanol–water partition coefficient (Wildman–Crippen LogP) is 3.74. The molecule has 0 saturated heterocycles. The first kappa shape index (κ1) is 19.2. The van der Waals surface area contributed by atoms with Gasteiger partial charge in [0.2, 0.25) is 5.91 Å². The Morgan fingerprint density at radius 3 is 2.65 bits per heavy atom. The molecule has 0 bridgehead atoms. The fourth-order valence-electron chi connectivity index (χ4n) is 4.21. The molecule has 2 aromatic heterocycles. The molecule has 1 aliphatic rings. The molecule has 4 aromatic rings. The lowest BCUT2D eigenvalue weighted by Gasteiger charge is -2.40. The number of anilines is 1. The number of nitrogens with zero attached hydrogens (tertiary/aromatic N) is 3. The standard InChI is InChI=1S/C24H21FN4O2/c25-19-8-4-7-18(15-19)24(11-5-12-24)22(30)26-20-9-3-6-17(14-20)16-29-23(31)28-13-2-1-10-21(28)27-29/h1-4,6-10,13-15H,5,11-12,16H2,(H,26,30). The summed E-state index contributed by atoms with van der Waals surface area (Å²) in [7, 11) is 0. The Morgan fingerprint density at radius 1 is 1.06 bits per heavy atom. The van der Waals surface area contributed by atoms with Crippen molar-refractivity contribution in [2.45, 2.75) is 31.2 Å². The maximum Gasteiger partial charge on any atom is 0.350 e. The van der Waals surface area contributed by atoms with Crippen molar-refractivity contribution in [3.05, 3.63) is 100 Å². The number of amides is 1. The van der Waals surface area contributed by atoms with Crippen molar-refractivity contribution in [1.82, 2.24) is 14.2 Å². The molecule has 6 nitrogen and oxygen atoms in total. The molecule has 1 aliphatic carbocycles. The number of hydrogen-bond donors (Lipinski definition) is 1. The largest absolute Gasteiger partial charge is 0.350 e. The van der Waals surface area contributed by atoms with E-state index in [1.54, 1.807) is 24.4 Å². The molecule has 2 heterocycles. The molecule has 0 radical (unpaired) electrons. The summed E-state index contributed by atoms with van der Waals surface area (Å²) in [6, 6.07) is 19.1. The minimum absolute atomic E-state index is 0.133. The van der Waals surface area contributed by atoms with Gasteiger partial charge < -0.3 is 5.32 Å². The SMILES string of the molecule is O=C(Nc1cccc(Cn2nc3ccccn3c2=O)c1)C1(c2cccc(F)c2)CCC1. The molecule has 0 spiro atoms. The number of benzene rings is 2. The van der Waals surface area contributed by atoms with Crippen LogP contribution in [-0.4, -0.2) is 20.1 Å². The van der Waals surface area contributed by atoms with Gasteiger partial charge in [-0.2, -0.15) is 0 Å². The first-order chi connectivity index (χ1) is 15.0. The molecular formula is C24H21FN4O2. The third-order valence-electron chi connectivity index (χ3n) is 6.02. The van der Waals surface area contributed by atoms with E-state index < -0.39 is 5.41 Å². The summed E-state index contributed by atoms with van der Waals surface area (Å²) in [4.78, 5) is 25.7. The van der Waals surface area contributed by atoms with Crippen LogP contribution in [0.2, 0.25) is 0 Å². The van der Waals surface area contributed by atoms with E-state index >= 15 is 0 Å².